The summed E-state index contributed by atoms with van der Waals surface area (Å²) in [4.78, 5) is 22.9. The van der Waals surface area contributed by atoms with Crippen LogP contribution in [0.1, 0.15) is 47.0 Å². The third-order valence-electron chi connectivity index (χ3n) is 2.87. The van der Waals surface area contributed by atoms with Crippen molar-refractivity contribution in [2.75, 3.05) is 26.4 Å². The standard InChI is InChI=1S/C15H28O6/c1-14(2,8-16)10-20-12(18)6-5-7-13(19)21-11-15(3,4)9-17/h16-17H,5-11H2,1-4H3. The minimum Gasteiger partial charge on any atom is -0.465 e. The lowest BCUT2D eigenvalue weighted by Gasteiger charge is -2.21. The van der Waals surface area contributed by atoms with E-state index in [9.17, 15) is 9.59 Å². The molecule has 0 heterocycles. The van der Waals surface area contributed by atoms with Gasteiger partial charge in [0.1, 0.15) is 0 Å². The van der Waals surface area contributed by atoms with Crippen molar-refractivity contribution < 1.29 is 29.3 Å². The van der Waals surface area contributed by atoms with Crippen LogP contribution in [0, 0.1) is 10.8 Å². The van der Waals surface area contributed by atoms with Gasteiger partial charge in [0, 0.05) is 23.7 Å². The number of hydrogen-bond donors (Lipinski definition) is 2. The molecule has 0 bridgehead atoms. The quantitative estimate of drug-likeness (QED) is 0.591. The largest absolute Gasteiger partial charge is 0.465 e. The number of carbonyl (C=O) groups excluding carboxylic acids is 2. The third kappa shape index (κ3) is 10.3. The van der Waals surface area contributed by atoms with Crippen molar-refractivity contribution >= 4 is 11.9 Å². The fraction of sp³-hybridized carbons (Fsp3) is 0.867. The molecule has 0 aromatic rings. The first kappa shape index (κ1) is 19.9. The Morgan fingerprint density at radius 3 is 1.43 bits per heavy atom. The molecular weight excluding hydrogens is 276 g/mol. The Kier molecular flexibility index (Phi) is 8.51. The van der Waals surface area contributed by atoms with Gasteiger partial charge in [-0.2, -0.15) is 0 Å². The van der Waals surface area contributed by atoms with Crippen LogP contribution >= 0.6 is 0 Å². The molecule has 0 aliphatic rings. The number of aliphatic hydroxyl groups is 2. The lowest BCUT2D eigenvalue weighted by Crippen LogP contribution is -2.26. The second-order valence-electron chi connectivity index (χ2n) is 6.82. The average Bonchev–Trinajstić information content (AvgIpc) is 2.43. The summed E-state index contributed by atoms with van der Waals surface area (Å²) >= 11 is 0. The molecule has 0 rings (SSSR count). The molecule has 6 nitrogen and oxygen atoms in total. The van der Waals surface area contributed by atoms with Gasteiger partial charge < -0.3 is 19.7 Å². The van der Waals surface area contributed by atoms with Gasteiger partial charge in [-0.25, -0.2) is 0 Å². The van der Waals surface area contributed by atoms with Crippen molar-refractivity contribution in [1.29, 1.82) is 0 Å². The van der Waals surface area contributed by atoms with E-state index < -0.39 is 10.8 Å². The van der Waals surface area contributed by atoms with Crippen LogP contribution in [0.2, 0.25) is 0 Å². The smallest absolute Gasteiger partial charge is 0.305 e. The molecule has 21 heavy (non-hydrogen) atoms. The molecular formula is C15H28O6. The second-order valence-corrected chi connectivity index (χ2v) is 6.82. The molecule has 0 unspecified atom stereocenters. The zero-order chi connectivity index (χ0) is 16.5. The number of esters is 2. The zero-order valence-electron chi connectivity index (χ0n) is 13.5. The first-order chi connectivity index (χ1) is 9.62. The Bertz CT molecular complexity index is 303. The summed E-state index contributed by atoms with van der Waals surface area (Å²) in [5.74, 6) is -0.778. The SMILES string of the molecule is CC(C)(CO)COC(=O)CCCC(=O)OCC(C)(C)CO. The van der Waals surface area contributed by atoms with Gasteiger partial charge in [-0.15, -0.1) is 0 Å². The van der Waals surface area contributed by atoms with Gasteiger partial charge in [-0.1, -0.05) is 27.7 Å². The summed E-state index contributed by atoms with van der Waals surface area (Å²) < 4.78 is 10.1. The fourth-order valence-corrected chi connectivity index (χ4v) is 1.16. The number of ether oxygens (including phenoxy) is 2. The van der Waals surface area contributed by atoms with E-state index in [1.165, 1.54) is 0 Å². The van der Waals surface area contributed by atoms with E-state index in [1.807, 2.05) is 0 Å². The second kappa shape index (κ2) is 9.00. The van der Waals surface area contributed by atoms with Gasteiger partial charge in [0.25, 0.3) is 0 Å². The third-order valence-corrected chi connectivity index (χ3v) is 2.87. The first-order valence-electron chi connectivity index (χ1n) is 7.15. The summed E-state index contributed by atoms with van der Waals surface area (Å²) in [5.41, 5.74) is -0.908. The number of rotatable bonds is 10. The van der Waals surface area contributed by atoms with E-state index in [-0.39, 0.29) is 51.2 Å². The number of aliphatic hydroxyl groups excluding tert-OH is 2. The average molecular weight is 304 g/mol. The predicted molar refractivity (Wildman–Crippen MR) is 77.5 cm³/mol. The molecule has 0 spiro atoms. The van der Waals surface area contributed by atoms with E-state index in [2.05, 4.69) is 0 Å². The maximum absolute atomic E-state index is 11.5. The molecule has 0 aromatic carbocycles. The number of hydrogen-bond acceptors (Lipinski definition) is 6. The van der Waals surface area contributed by atoms with Crippen molar-refractivity contribution in [1.82, 2.24) is 0 Å². The molecule has 0 amide bonds. The highest BCUT2D eigenvalue weighted by molar-refractivity contribution is 5.72. The Morgan fingerprint density at radius 2 is 1.14 bits per heavy atom. The summed E-state index contributed by atoms with van der Waals surface area (Å²) in [6.45, 7) is 7.34. The van der Waals surface area contributed by atoms with Crippen LogP contribution in [0.5, 0.6) is 0 Å². The molecule has 124 valence electrons. The Labute approximate surface area is 126 Å². The van der Waals surface area contributed by atoms with Crippen molar-refractivity contribution in [3.8, 4) is 0 Å². The summed E-state index contributed by atoms with van der Waals surface area (Å²) in [6, 6.07) is 0. The van der Waals surface area contributed by atoms with Gasteiger partial charge in [0.15, 0.2) is 0 Å². The maximum atomic E-state index is 11.5. The maximum Gasteiger partial charge on any atom is 0.305 e. The molecule has 0 fully saturated rings. The normalized spacial score (nSPS) is 12.1. The molecule has 0 radical (unpaired) electrons. The van der Waals surface area contributed by atoms with E-state index in [1.54, 1.807) is 27.7 Å². The van der Waals surface area contributed by atoms with E-state index in [0.29, 0.717) is 6.42 Å². The van der Waals surface area contributed by atoms with Crippen molar-refractivity contribution in [2.45, 2.75) is 47.0 Å². The van der Waals surface area contributed by atoms with Gasteiger partial charge in [0.2, 0.25) is 0 Å². The minimum absolute atomic E-state index is 0.0623. The van der Waals surface area contributed by atoms with Crippen molar-refractivity contribution in [3.63, 3.8) is 0 Å². The van der Waals surface area contributed by atoms with Crippen LogP contribution in [0.3, 0.4) is 0 Å². The van der Waals surface area contributed by atoms with Crippen LogP contribution in [-0.2, 0) is 19.1 Å². The van der Waals surface area contributed by atoms with E-state index in [0.717, 1.165) is 0 Å². The fourth-order valence-electron chi connectivity index (χ4n) is 1.16. The molecule has 0 atom stereocenters. The molecule has 0 aliphatic heterocycles. The van der Waals surface area contributed by atoms with E-state index in [4.69, 9.17) is 19.7 Å². The Morgan fingerprint density at radius 1 is 0.810 bits per heavy atom. The minimum atomic E-state index is -0.454. The molecule has 0 saturated heterocycles. The molecule has 2 N–H and O–H groups in total. The lowest BCUT2D eigenvalue weighted by atomic mass is 9.96. The molecule has 6 heteroatoms. The van der Waals surface area contributed by atoms with E-state index >= 15 is 0 Å². The van der Waals surface area contributed by atoms with Crippen molar-refractivity contribution in [2.24, 2.45) is 10.8 Å². The van der Waals surface area contributed by atoms with Gasteiger partial charge in [-0.05, 0) is 6.42 Å². The van der Waals surface area contributed by atoms with Crippen LogP contribution in [0.15, 0.2) is 0 Å². The van der Waals surface area contributed by atoms with Crippen LogP contribution < -0.4 is 0 Å². The van der Waals surface area contributed by atoms with Gasteiger partial charge in [0.05, 0.1) is 26.4 Å². The van der Waals surface area contributed by atoms with Crippen LogP contribution in [-0.4, -0.2) is 48.6 Å². The monoisotopic (exact) mass is 304 g/mol. The predicted octanol–water partition coefficient (Wildman–Crippen LogP) is 1.28. The highest BCUT2D eigenvalue weighted by Crippen LogP contribution is 2.15. The molecule has 0 aliphatic carbocycles. The first-order valence-corrected chi connectivity index (χ1v) is 7.15. The van der Waals surface area contributed by atoms with Gasteiger partial charge >= 0.3 is 11.9 Å². The highest BCUT2D eigenvalue weighted by atomic mass is 16.5. The summed E-state index contributed by atoms with van der Waals surface area (Å²) in [6.07, 6.45) is 0.636. The Balaban J connectivity index is 3.79. The topological polar surface area (TPSA) is 93.1 Å². The number of carbonyl (C=O) groups is 2. The Hall–Kier alpha value is -1.14. The molecule has 0 saturated carbocycles. The van der Waals surface area contributed by atoms with Crippen LogP contribution in [0.4, 0.5) is 0 Å². The highest BCUT2D eigenvalue weighted by Gasteiger charge is 2.20. The van der Waals surface area contributed by atoms with Crippen LogP contribution in [0.25, 0.3) is 0 Å². The summed E-state index contributed by atoms with van der Waals surface area (Å²) in [7, 11) is 0. The molecule has 0 aromatic heterocycles. The lowest BCUT2D eigenvalue weighted by molar-refractivity contribution is -0.149. The zero-order valence-corrected chi connectivity index (χ0v) is 13.5. The van der Waals surface area contributed by atoms with Crippen molar-refractivity contribution in [3.05, 3.63) is 0 Å². The van der Waals surface area contributed by atoms with Gasteiger partial charge in [-0.3, -0.25) is 9.59 Å². The summed E-state index contributed by atoms with van der Waals surface area (Å²) in [5, 5.41) is 18.1.